The van der Waals surface area contributed by atoms with Gasteiger partial charge in [-0.15, -0.1) is 0 Å². The molecule has 0 saturated carbocycles. The second kappa shape index (κ2) is 8.10. The molecule has 118 valence electrons. The first kappa shape index (κ1) is 15.9. The van der Waals surface area contributed by atoms with Gasteiger partial charge in [0.15, 0.2) is 0 Å². The third kappa shape index (κ3) is 5.10. The topological polar surface area (TPSA) is 53.8 Å². The highest BCUT2D eigenvalue weighted by atomic mass is 16.5. The molecule has 5 nitrogen and oxygen atoms in total. The Morgan fingerprint density at radius 2 is 2.00 bits per heavy atom. The molecule has 0 bridgehead atoms. The fourth-order valence-electron chi connectivity index (χ4n) is 2.41. The molecule has 0 radical (unpaired) electrons. The maximum atomic E-state index is 5.92. The van der Waals surface area contributed by atoms with Crippen LogP contribution in [0.5, 0.6) is 5.75 Å². The number of rotatable bonds is 7. The summed E-state index contributed by atoms with van der Waals surface area (Å²) in [4.78, 5) is 4.88. The summed E-state index contributed by atoms with van der Waals surface area (Å²) in [6.07, 6.45) is 0.987. The first-order chi connectivity index (χ1) is 10.2. The van der Waals surface area contributed by atoms with Crippen LogP contribution in [0.3, 0.4) is 0 Å². The summed E-state index contributed by atoms with van der Waals surface area (Å²) in [6, 6.07) is 5.91. The first-order valence-electron chi connectivity index (χ1n) is 7.86. The van der Waals surface area contributed by atoms with E-state index in [0.717, 1.165) is 57.1 Å². The normalized spacial score (nSPS) is 16.9. The van der Waals surface area contributed by atoms with Gasteiger partial charge in [0.05, 0.1) is 12.3 Å². The quantitative estimate of drug-likeness (QED) is 0.750. The molecule has 3 N–H and O–H groups in total. The number of hydrogen-bond donors (Lipinski definition) is 2. The Labute approximate surface area is 128 Å². The van der Waals surface area contributed by atoms with Crippen molar-refractivity contribution in [2.45, 2.75) is 13.3 Å². The minimum Gasteiger partial charge on any atom is -0.491 e. The molecule has 0 atom stereocenters. The van der Waals surface area contributed by atoms with E-state index >= 15 is 0 Å². The Morgan fingerprint density at radius 1 is 1.24 bits per heavy atom. The fourth-order valence-corrected chi connectivity index (χ4v) is 2.41. The molecular weight excluding hydrogens is 264 g/mol. The molecule has 1 heterocycles. The Kier molecular flexibility index (Phi) is 6.14. The number of hydrogen-bond acceptors (Lipinski definition) is 5. The van der Waals surface area contributed by atoms with Crippen LogP contribution in [0.1, 0.15) is 13.3 Å². The predicted molar refractivity (Wildman–Crippen MR) is 89.1 cm³/mol. The largest absolute Gasteiger partial charge is 0.491 e. The maximum Gasteiger partial charge on any atom is 0.144 e. The van der Waals surface area contributed by atoms with E-state index in [4.69, 9.17) is 10.5 Å². The van der Waals surface area contributed by atoms with E-state index in [1.165, 1.54) is 0 Å². The van der Waals surface area contributed by atoms with E-state index in [1.807, 2.05) is 18.2 Å². The van der Waals surface area contributed by atoms with Crippen LogP contribution < -0.4 is 15.8 Å². The summed E-state index contributed by atoms with van der Waals surface area (Å²) < 4.78 is 5.65. The summed E-state index contributed by atoms with van der Waals surface area (Å²) in [6.45, 7) is 9.46. The molecule has 0 unspecified atom stereocenters. The number of benzene rings is 1. The summed E-state index contributed by atoms with van der Waals surface area (Å²) in [7, 11) is 2.18. The summed E-state index contributed by atoms with van der Waals surface area (Å²) in [5.41, 5.74) is 7.70. The van der Waals surface area contributed by atoms with E-state index < -0.39 is 0 Å². The lowest BCUT2D eigenvalue weighted by Crippen LogP contribution is -2.45. The lowest BCUT2D eigenvalue weighted by molar-refractivity contribution is 0.158. The molecule has 0 spiro atoms. The van der Waals surface area contributed by atoms with E-state index in [9.17, 15) is 0 Å². The van der Waals surface area contributed by atoms with Crippen molar-refractivity contribution in [1.29, 1.82) is 0 Å². The molecule has 1 aromatic carbocycles. The Hall–Kier alpha value is -1.46. The number of nitrogens with one attached hydrogen (secondary N) is 1. The highest BCUT2D eigenvalue weighted by molar-refractivity contribution is 5.61. The van der Waals surface area contributed by atoms with E-state index in [2.05, 4.69) is 29.1 Å². The summed E-state index contributed by atoms with van der Waals surface area (Å²) in [5, 5.41) is 3.46. The molecule has 0 aliphatic carbocycles. The zero-order valence-electron chi connectivity index (χ0n) is 13.3. The van der Waals surface area contributed by atoms with E-state index in [1.54, 1.807) is 0 Å². The molecule has 5 heteroatoms. The third-order valence-corrected chi connectivity index (χ3v) is 3.83. The van der Waals surface area contributed by atoms with Gasteiger partial charge < -0.3 is 20.7 Å². The lowest BCUT2D eigenvalue weighted by atomic mass is 10.2. The summed E-state index contributed by atoms with van der Waals surface area (Å²) >= 11 is 0. The standard InChI is InChI=1S/C16H28N4O/c1-3-12-21-16-13-14(4-5-15(16)17)18-6-7-20-10-8-19(2)9-11-20/h4-5,13,18H,3,6-12,17H2,1-2H3. The van der Waals surface area contributed by atoms with Crippen molar-refractivity contribution in [2.24, 2.45) is 0 Å². The van der Waals surface area contributed by atoms with E-state index in [-0.39, 0.29) is 0 Å². The molecule has 1 aliphatic rings. The van der Waals surface area contributed by atoms with Gasteiger partial charge in [-0.05, 0) is 25.6 Å². The predicted octanol–water partition coefficient (Wildman–Crippen LogP) is 1.72. The number of piperazine rings is 1. The number of nitrogens with two attached hydrogens (primary N) is 1. The molecule has 1 fully saturated rings. The minimum atomic E-state index is 0.702. The number of likely N-dealkylation sites (N-methyl/N-ethyl adjacent to an activating group) is 1. The minimum absolute atomic E-state index is 0.702. The van der Waals surface area contributed by atoms with Crippen LogP contribution in [0, 0.1) is 0 Å². The lowest BCUT2D eigenvalue weighted by Gasteiger charge is -2.32. The van der Waals surface area contributed by atoms with Gasteiger partial charge in [0, 0.05) is 51.0 Å². The summed E-state index contributed by atoms with van der Waals surface area (Å²) in [5.74, 6) is 0.779. The van der Waals surface area contributed by atoms with Crippen molar-refractivity contribution in [3.63, 3.8) is 0 Å². The SMILES string of the molecule is CCCOc1cc(NCCN2CCN(C)CC2)ccc1N. The van der Waals surface area contributed by atoms with Crippen LogP contribution in [0.4, 0.5) is 11.4 Å². The number of anilines is 2. The van der Waals surface area contributed by atoms with Gasteiger partial charge in [-0.2, -0.15) is 0 Å². The number of nitrogen functional groups attached to an aromatic ring is 1. The van der Waals surface area contributed by atoms with Crippen LogP contribution in [0.15, 0.2) is 18.2 Å². The van der Waals surface area contributed by atoms with Crippen LogP contribution in [0.25, 0.3) is 0 Å². The van der Waals surface area contributed by atoms with Gasteiger partial charge in [-0.3, -0.25) is 4.90 Å². The number of ether oxygens (including phenoxy) is 1. The molecule has 1 aromatic rings. The van der Waals surface area contributed by atoms with Crippen LogP contribution in [-0.2, 0) is 0 Å². The van der Waals surface area contributed by atoms with Crippen molar-refractivity contribution in [3.8, 4) is 5.75 Å². The molecular formula is C16H28N4O. The van der Waals surface area contributed by atoms with Crippen molar-refractivity contribution in [1.82, 2.24) is 9.80 Å². The van der Waals surface area contributed by atoms with Gasteiger partial charge in [0.1, 0.15) is 5.75 Å². The smallest absolute Gasteiger partial charge is 0.144 e. The van der Waals surface area contributed by atoms with E-state index in [0.29, 0.717) is 12.3 Å². The molecule has 21 heavy (non-hydrogen) atoms. The van der Waals surface area contributed by atoms with Gasteiger partial charge in [0.25, 0.3) is 0 Å². The van der Waals surface area contributed by atoms with Crippen molar-refractivity contribution in [2.75, 3.05) is 64.0 Å². The van der Waals surface area contributed by atoms with Gasteiger partial charge in [-0.25, -0.2) is 0 Å². The molecule has 2 rings (SSSR count). The zero-order valence-corrected chi connectivity index (χ0v) is 13.3. The van der Waals surface area contributed by atoms with Crippen molar-refractivity contribution in [3.05, 3.63) is 18.2 Å². The van der Waals surface area contributed by atoms with Gasteiger partial charge in [-0.1, -0.05) is 6.92 Å². The second-order valence-corrected chi connectivity index (χ2v) is 5.67. The second-order valence-electron chi connectivity index (χ2n) is 5.67. The van der Waals surface area contributed by atoms with Crippen molar-refractivity contribution >= 4 is 11.4 Å². The molecule has 1 aliphatic heterocycles. The zero-order chi connectivity index (χ0) is 15.1. The molecule has 0 aromatic heterocycles. The van der Waals surface area contributed by atoms with Crippen LogP contribution >= 0.6 is 0 Å². The monoisotopic (exact) mass is 292 g/mol. The van der Waals surface area contributed by atoms with Gasteiger partial charge >= 0.3 is 0 Å². The average molecular weight is 292 g/mol. The Morgan fingerprint density at radius 3 is 2.71 bits per heavy atom. The highest BCUT2D eigenvalue weighted by Crippen LogP contribution is 2.25. The third-order valence-electron chi connectivity index (χ3n) is 3.83. The Bertz CT molecular complexity index is 430. The fraction of sp³-hybridized carbons (Fsp3) is 0.625. The van der Waals surface area contributed by atoms with Crippen molar-refractivity contribution < 1.29 is 4.74 Å². The molecule has 0 amide bonds. The van der Waals surface area contributed by atoms with Gasteiger partial charge in [0.2, 0.25) is 0 Å². The molecule has 1 saturated heterocycles. The highest BCUT2D eigenvalue weighted by Gasteiger charge is 2.12. The maximum absolute atomic E-state index is 5.92. The average Bonchev–Trinajstić information content (AvgIpc) is 2.49. The van der Waals surface area contributed by atoms with Crippen LogP contribution in [0.2, 0.25) is 0 Å². The number of nitrogens with zero attached hydrogens (tertiary/aromatic N) is 2. The van der Waals surface area contributed by atoms with Crippen LogP contribution in [-0.4, -0.2) is 62.7 Å². The Balaban J connectivity index is 1.77. The first-order valence-corrected chi connectivity index (χ1v) is 7.86.